The van der Waals surface area contributed by atoms with E-state index in [2.05, 4.69) is 0 Å². The van der Waals surface area contributed by atoms with Gasteiger partial charge in [0.05, 0.1) is 6.10 Å². The molecule has 2 amide bonds. The van der Waals surface area contributed by atoms with Crippen LogP contribution in [0, 0.1) is 0 Å². The number of piperazine rings is 1. The molecular formula is C10H14N2O3. The first-order valence-electron chi connectivity index (χ1n) is 5.47. The molecule has 0 aliphatic carbocycles. The lowest BCUT2D eigenvalue weighted by atomic mass is 10.1. The van der Waals surface area contributed by atoms with Gasteiger partial charge in [-0.25, -0.2) is 0 Å². The molecule has 3 aliphatic heterocycles. The topological polar surface area (TPSA) is 60.9 Å². The fourth-order valence-electron chi connectivity index (χ4n) is 2.96. The van der Waals surface area contributed by atoms with Crippen LogP contribution in [0.2, 0.25) is 0 Å². The molecule has 3 aliphatic rings. The molecule has 0 aromatic heterocycles. The highest BCUT2D eigenvalue weighted by Crippen LogP contribution is 2.31. The van der Waals surface area contributed by atoms with E-state index in [1.807, 2.05) is 0 Å². The summed E-state index contributed by atoms with van der Waals surface area (Å²) in [5, 5.41) is 9.49. The Kier molecular flexibility index (Phi) is 1.80. The van der Waals surface area contributed by atoms with E-state index in [0.717, 1.165) is 12.8 Å². The van der Waals surface area contributed by atoms with Crippen LogP contribution in [0.25, 0.3) is 0 Å². The van der Waals surface area contributed by atoms with Gasteiger partial charge >= 0.3 is 0 Å². The summed E-state index contributed by atoms with van der Waals surface area (Å²) in [6, 6.07) is -0.624. The minimum Gasteiger partial charge on any atom is -0.391 e. The molecule has 0 aromatic rings. The number of rotatable bonds is 0. The van der Waals surface area contributed by atoms with Crippen molar-refractivity contribution in [2.45, 2.75) is 37.5 Å². The first kappa shape index (κ1) is 9.15. The van der Waals surface area contributed by atoms with E-state index in [1.54, 1.807) is 9.80 Å². The lowest BCUT2D eigenvalue weighted by Crippen LogP contribution is -2.60. The molecule has 1 N–H and O–H groups in total. The van der Waals surface area contributed by atoms with Gasteiger partial charge in [-0.05, 0) is 12.8 Å². The second-order valence-corrected chi connectivity index (χ2v) is 4.59. The summed E-state index contributed by atoms with van der Waals surface area (Å²) in [7, 11) is 0. The maximum atomic E-state index is 12.0. The second kappa shape index (κ2) is 2.95. The van der Waals surface area contributed by atoms with Crippen molar-refractivity contribution >= 4 is 11.8 Å². The normalized spacial score (nSPS) is 39.7. The molecule has 5 nitrogen and oxygen atoms in total. The number of nitrogens with zero attached hydrogens (tertiary/aromatic N) is 2. The Morgan fingerprint density at radius 1 is 1.13 bits per heavy atom. The van der Waals surface area contributed by atoms with Gasteiger partial charge in [0.1, 0.15) is 12.1 Å². The average Bonchev–Trinajstić information content (AvgIpc) is 2.79. The summed E-state index contributed by atoms with van der Waals surface area (Å²) >= 11 is 0. The maximum absolute atomic E-state index is 12.0. The summed E-state index contributed by atoms with van der Waals surface area (Å²) in [4.78, 5) is 27.3. The molecule has 0 unspecified atom stereocenters. The molecule has 3 atom stereocenters. The van der Waals surface area contributed by atoms with Gasteiger partial charge in [0, 0.05) is 19.5 Å². The second-order valence-electron chi connectivity index (χ2n) is 4.59. The van der Waals surface area contributed by atoms with Crippen LogP contribution in [0.5, 0.6) is 0 Å². The van der Waals surface area contributed by atoms with Gasteiger partial charge in [-0.15, -0.1) is 0 Å². The Balaban J connectivity index is 1.93. The third kappa shape index (κ3) is 1.13. The SMILES string of the molecule is O=C1[C@@H]2CCCN2C(=O)[C@H]2C[C@H](O)CN12. The van der Waals surface area contributed by atoms with Gasteiger partial charge in [-0.2, -0.15) is 0 Å². The predicted octanol–water partition coefficient (Wildman–Crippen LogP) is -1.05. The molecule has 3 heterocycles. The number of amides is 2. The predicted molar refractivity (Wildman–Crippen MR) is 50.9 cm³/mol. The Morgan fingerprint density at radius 3 is 2.67 bits per heavy atom. The van der Waals surface area contributed by atoms with Gasteiger partial charge in [-0.1, -0.05) is 0 Å². The van der Waals surface area contributed by atoms with Crippen LogP contribution in [-0.4, -0.2) is 58.0 Å². The zero-order chi connectivity index (χ0) is 10.6. The Bertz CT molecular complexity index is 301. The van der Waals surface area contributed by atoms with Crippen LogP contribution in [0.4, 0.5) is 0 Å². The largest absolute Gasteiger partial charge is 0.391 e. The van der Waals surface area contributed by atoms with Crippen LogP contribution < -0.4 is 0 Å². The quantitative estimate of drug-likeness (QED) is 0.555. The lowest BCUT2D eigenvalue weighted by molar-refractivity contribution is -0.156. The molecule has 0 radical (unpaired) electrons. The minimum atomic E-state index is -0.525. The number of carbonyl (C=O) groups excluding carboxylic acids is 2. The summed E-state index contributed by atoms with van der Waals surface area (Å²) in [5.74, 6) is 0.0716. The zero-order valence-corrected chi connectivity index (χ0v) is 8.43. The molecule has 15 heavy (non-hydrogen) atoms. The maximum Gasteiger partial charge on any atom is 0.246 e. The molecular weight excluding hydrogens is 196 g/mol. The molecule has 0 spiro atoms. The highest BCUT2D eigenvalue weighted by Gasteiger charge is 2.51. The van der Waals surface area contributed by atoms with Crippen LogP contribution in [-0.2, 0) is 9.59 Å². The summed E-state index contributed by atoms with van der Waals surface area (Å²) in [5.41, 5.74) is 0. The Morgan fingerprint density at radius 2 is 1.87 bits per heavy atom. The van der Waals surface area contributed by atoms with Crippen molar-refractivity contribution in [3.63, 3.8) is 0 Å². The number of fused-ring (bicyclic) bond motifs is 2. The summed E-state index contributed by atoms with van der Waals surface area (Å²) in [6.45, 7) is 1.04. The van der Waals surface area contributed by atoms with E-state index in [9.17, 15) is 14.7 Å². The number of hydrogen-bond donors (Lipinski definition) is 1. The average molecular weight is 210 g/mol. The molecule has 3 fully saturated rings. The van der Waals surface area contributed by atoms with E-state index in [1.165, 1.54) is 0 Å². The van der Waals surface area contributed by atoms with Gasteiger partial charge < -0.3 is 14.9 Å². The van der Waals surface area contributed by atoms with Crippen molar-refractivity contribution in [1.82, 2.24) is 9.80 Å². The van der Waals surface area contributed by atoms with Gasteiger partial charge in [0.25, 0.3) is 0 Å². The van der Waals surface area contributed by atoms with Crippen LogP contribution in [0.3, 0.4) is 0 Å². The Hall–Kier alpha value is -1.10. The highest BCUT2D eigenvalue weighted by atomic mass is 16.3. The smallest absolute Gasteiger partial charge is 0.246 e. The third-order valence-corrected chi connectivity index (χ3v) is 3.67. The van der Waals surface area contributed by atoms with Crippen molar-refractivity contribution in [3.8, 4) is 0 Å². The van der Waals surface area contributed by atoms with E-state index >= 15 is 0 Å². The molecule has 0 aromatic carbocycles. The fourth-order valence-corrected chi connectivity index (χ4v) is 2.96. The molecule has 0 saturated carbocycles. The summed E-state index contributed by atoms with van der Waals surface area (Å²) in [6.07, 6.45) is 1.59. The van der Waals surface area contributed by atoms with Crippen molar-refractivity contribution in [2.75, 3.05) is 13.1 Å². The first-order valence-corrected chi connectivity index (χ1v) is 5.47. The van der Waals surface area contributed by atoms with Crippen molar-refractivity contribution in [2.24, 2.45) is 0 Å². The van der Waals surface area contributed by atoms with Crippen molar-refractivity contribution < 1.29 is 14.7 Å². The molecule has 5 heteroatoms. The van der Waals surface area contributed by atoms with E-state index in [0.29, 0.717) is 19.5 Å². The number of carbonyl (C=O) groups is 2. The lowest BCUT2D eigenvalue weighted by Gasteiger charge is -2.38. The standard InChI is InChI=1S/C10H14N2O3/c13-6-4-8-10(15)11-3-1-2-7(11)9(14)12(8)5-6/h6-8,13H,1-5H2/t6-,7-,8+/m0/s1. The molecule has 3 saturated heterocycles. The minimum absolute atomic E-state index is 0.0358. The monoisotopic (exact) mass is 210 g/mol. The van der Waals surface area contributed by atoms with E-state index in [4.69, 9.17) is 0 Å². The fraction of sp³-hybridized carbons (Fsp3) is 0.800. The molecule has 3 rings (SSSR count). The third-order valence-electron chi connectivity index (χ3n) is 3.67. The van der Waals surface area contributed by atoms with Gasteiger partial charge in [-0.3, -0.25) is 9.59 Å². The van der Waals surface area contributed by atoms with Crippen LogP contribution >= 0.6 is 0 Å². The Labute approximate surface area is 87.6 Å². The number of aliphatic hydroxyl groups excluding tert-OH is 1. The van der Waals surface area contributed by atoms with Crippen molar-refractivity contribution in [1.29, 1.82) is 0 Å². The van der Waals surface area contributed by atoms with Crippen LogP contribution in [0.1, 0.15) is 19.3 Å². The highest BCUT2D eigenvalue weighted by molar-refractivity contribution is 5.98. The van der Waals surface area contributed by atoms with Gasteiger partial charge in [0.15, 0.2) is 0 Å². The summed E-state index contributed by atoms with van der Waals surface area (Å²) < 4.78 is 0. The molecule has 0 bridgehead atoms. The van der Waals surface area contributed by atoms with Crippen molar-refractivity contribution in [3.05, 3.63) is 0 Å². The number of aliphatic hydroxyl groups is 1. The molecule has 82 valence electrons. The van der Waals surface area contributed by atoms with Crippen LogP contribution in [0.15, 0.2) is 0 Å². The zero-order valence-electron chi connectivity index (χ0n) is 8.43. The van der Waals surface area contributed by atoms with E-state index < -0.39 is 6.10 Å². The number of hydrogen-bond acceptors (Lipinski definition) is 3. The first-order chi connectivity index (χ1) is 7.18. The van der Waals surface area contributed by atoms with E-state index in [-0.39, 0.29) is 23.9 Å². The van der Waals surface area contributed by atoms with Gasteiger partial charge in [0.2, 0.25) is 11.8 Å².